The van der Waals surface area contributed by atoms with E-state index in [1.807, 2.05) is 11.8 Å². The third kappa shape index (κ3) is 3.72. The molecule has 1 rings (SSSR count). The topological polar surface area (TPSA) is 52.9 Å². The molecule has 0 radical (unpaired) electrons. The summed E-state index contributed by atoms with van der Waals surface area (Å²) in [5.41, 5.74) is 0.820. The Morgan fingerprint density at radius 3 is 2.78 bits per heavy atom. The molecule has 1 N–H and O–H groups in total. The Labute approximate surface area is 110 Å². The first-order chi connectivity index (χ1) is 8.63. The average molecular weight is 254 g/mol. The molecule has 0 saturated carbocycles. The summed E-state index contributed by atoms with van der Waals surface area (Å²) >= 11 is 0. The van der Waals surface area contributed by atoms with Crippen molar-refractivity contribution < 1.29 is 10.0 Å². The van der Waals surface area contributed by atoms with Gasteiger partial charge in [0.1, 0.15) is 0 Å². The van der Waals surface area contributed by atoms with Crippen molar-refractivity contribution in [3.63, 3.8) is 0 Å². The van der Waals surface area contributed by atoms with Crippen LogP contribution in [0, 0.1) is 11.8 Å². The molecule has 1 saturated heterocycles. The molecule has 0 aliphatic carbocycles. The van der Waals surface area contributed by atoms with Gasteiger partial charge in [0, 0.05) is 31.3 Å². The molecule has 4 nitrogen and oxygen atoms in total. The number of hydrogen-bond acceptors (Lipinski definition) is 3. The van der Waals surface area contributed by atoms with E-state index in [-0.39, 0.29) is 17.7 Å². The highest BCUT2D eigenvalue weighted by Crippen LogP contribution is 2.20. The van der Waals surface area contributed by atoms with Crippen molar-refractivity contribution in [3.8, 4) is 0 Å². The first-order valence-electron chi connectivity index (χ1n) is 7.13. The Balaban J connectivity index is 2.56. The first-order valence-corrected chi connectivity index (χ1v) is 7.13. The van der Waals surface area contributed by atoms with Crippen LogP contribution in [0.2, 0.25) is 0 Å². The standard InChI is InChI=1S/C14H26N2O2/c1-4-6-7-12(5-2)14(17)16-9-8-13(15-18)11(3)10-16/h11-12,18H,4-10H2,1-3H3. The van der Waals surface area contributed by atoms with Crippen LogP contribution in [0.1, 0.15) is 52.9 Å². The summed E-state index contributed by atoms with van der Waals surface area (Å²) in [6, 6.07) is 0. The van der Waals surface area contributed by atoms with Gasteiger partial charge in [-0.1, -0.05) is 38.8 Å². The molecule has 2 atom stereocenters. The Morgan fingerprint density at radius 2 is 2.28 bits per heavy atom. The molecule has 0 aromatic rings. The molecule has 1 amide bonds. The lowest BCUT2D eigenvalue weighted by Gasteiger charge is -2.33. The Kier molecular flexibility index (Phi) is 6.16. The second-order valence-electron chi connectivity index (χ2n) is 5.27. The van der Waals surface area contributed by atoms with Crippen LogP contribution >= 0.6 is 0 Å². The largest absolute Gasteiger partial charge is 0.411 e. The van der Waals surface area contributed by atoms with E-state index in [0.717, 1.165) is 31.4 Å². The first kappa shape index (κ1) is 15.0. The Morgan fingerprint density at radius 1 is 1.56 bits per heavy atom. The maximum absolute atomic E-state index is 12.4. The minimum Gasteiger partial charge on any atom is -0.411 e. The minimum absolute atomic E-state index is 0.171. The second-order valence-corrected chi connectivity index (χ2v) is 5.27. The number of hydrogen-bond donors (Lipinski definition) is 1. The van der Waals surface area contributed by atoms with Crippen LogP contribution in [-0.4, -0.2) is 34.8 Å². The highest BCUT2D eigenvalue weighted by Gasteiger charge is 2.29. The summed E-state index contributed by atoms with van der Waals surface area (Å²) in [5, 5.41) is 12.2. The number of amides is 1. The van der Waals surface area contributed by atoms with E-state index >= 15 is 0 Å². The van der Waals surface area contributed by atoms with Crippen LogP contribution in [0.4, 0.5) is 0 Å². The highest BCUT2D eigenvalue weighted by atomic mass is 16.4. The van der Waals surface area contributed by atoms with Crippen molar-refractivity contribution in [2.24, 2.45) is 17.0 Å². The van der Waals surface area contributed by atoms with E-state index in [1.54, 1.807) is 0 Å². The maximum Gasteiger partial charge on any atom is 0.225 e. The van der Waals surface area contributed by atoms with Gasteiger partial charge >= 0.3 is 0 Å². The third-order valence-electron chi connectivity index (χ3n) is 3.89. The van der Waals surface area contributed by atoms with Crippen molar-refractivity contribution >= 4 is 11.6 Å². The maximum atomic E-state index is 12.4. The van der Waals surface area contributed by atoms with Gasteiger partial charge in [0.25, 0.3) is 0 Å². The van der Waals surface area contributed by atoms with Crippen LogP contribution in [0.25, 0.3) is 0 Å². The highest BCUT2D eigenvalue weighted by molar-refractivity contribution is 5.89. The zero-order valence-electron chi connectivity index (χ0n) is 11.9. The SMILES string of the molecule is CCCCC(CC)C(=O)N1CCC(=NO)C(C)C1. The van der Waals surface area contributed by atoms with Crippen LogP contribution < -0.4 is 0 Å². The smallest absolute Gasteiger partial charge is 0.225 e. The zero-order valence-corrected chi connectivity index (χ0v) is 11.9. The van der Waals surface area contributed by atoms with Crippen LogP contribution in [0.15, 0.2) is 5.16 Å². The molecule has 0 spiro atoms. The fraction of sp³-hybridized carbons (Fsp3) is 0.857. The van der Waals surface area contributed by atoms with Gasteiger partial charge in [-0.2, -0.15) is 0 Å². The molecule has 2 unspecified atom stereocenters. The number of oxime groups is 1. The van der Waals surface area contributed by atoms with Crippen molar-refractivity contribution in [2.75, 3.05) is 13.1 Å². The molecular formula is C14H26N2O2. The minimum atomic E-state index is 0.171. The van der Waals surface area contributed by atoms with Crippen molar-refractivity contribution in [2.45, 2.75) is 52.9 Å². The van der Waals surface area contributed by atoms with E-state index < -0.39 is 0 Å². The molecule has 1 aliphatic rings. The van der Waals surface area contributed by atoms with Crippen LogP contribution in [0.5, 0.6) is 0 Å². The summed E-state index contributed by atoms with van der Waals surface area (Å²) in [5.74, 6) is 0.635. The van der Waals surface area contributed by atoms with E-state index in [0.29, 0.717) is 19.5 Å². The normalized spacial score (nSPS) is 24.3. The number of likely N-dealkylation sites (tertiary alicyclic amines) is 1. The van der Waals surface area contributed by atoms with Gasteiger partial charge in [0.2, 0.25) is 5.91 Å². The predicted octanol–water partition coefficient (Wildman–Crippen LogP) is 2.90. The molecular weight excluding hydrogens is 228 g/mol. The summed E-state index contributed by atoms with van der Waals surface area (Å²) in [7, 11) is 0. The van der Waals surface area contributed by atoms with E-state index in [2.05, 4.69) is 19.0 Å². The molecule has 4 heteroatoms. The lowest BCUT2D eigenvalue weighted by Crippen LogP contribution is -2.45. The number of rotatable bonds is 5. The van der Waals surface area contributed by atoms with Crippen molar-refractivity contribution in [1.29, 1.82) is 0 Å². The van der Waals surface area contributed by atoms with Gasteiger partial charge in [-0.25, -0.2) is 0 Å². The van der Waals surface area contributed by atoms with E-state index in [1.165, 1.54) is 0 Å². The molecule has 0 aromatic carbocycles. The predicted molar refractivity (Wildman–Crippen MR) is 72.9 cm³/mol. The van der Waals surface area contributed by atoms with Crippen molar-refractivity contribution in [3.05, 3.63) is 0 Å². The Bertz CT molecular complexity index is 302. The fourth-order valence-corrected chi connectivity index (χ4v) is 2.58. The summed E-state index contributed by atoms with van der Waals surface area (Å²) in [6.07, 6.45) is 4.88. The zero-order chi connectivity index (χ0) is 13.5. The third-order valence-corrected chi connectivity index (χ3v) is 3.89. The molecule has 0 aromatic heterocycles. The molecule has 1 heterocycles. The molecule has 104 valence electrons. The lowest BCUT2D eigenvalue weighted by molar-refractivity contribution is -0.136. The van der Waals surface area contributed by atoms with Crippen molar-refractivity contribution in [1.82, 2.24) is 4.90 Å². The van der Waals surface area contributed by atoms with E-state index in [9.17, 15) is 4.79 Å². The van der Waals surface area contributed by atoms with Crippen LogP contribution in [-0.2, 0) is 4.79 Å². The van der Waals surface area contributed by atoms with Gasteiger partial charge in [0.15, 0.2) is 0 Å². The van der Waals surface area contributed by atoms with Gasteiger partial charge in [0.05, 0.1) is 5.71 Å². The summed E-state index contributed by atoms with van der Waals surface area (Å²) in [4.78, 5) is 14.3. The van der Waals surface area contributed by atoms with Gasteiger partial charge in [-0.15, -0.1) is 0 Å². The number of unbranched alkanes of at least 4 members (excludes halogenated alkanes) is 1. The van der Waals surface area contributed by atoms with Gasteiger partial charge in [-0.05, 0) is 12.8 Å². The fourth-order valence-electron chi connectivity index (χ4n) is 2.58. The number of carbonyl (C=O) groups excluding carboxylic acids is 1. The number of piperidine rings is 1. The number of nitrogens with zero attached hydrogens (tertiary/aromatic N) is 2. The van der Waals surface area contributed by atoms with Crippen LogP contribution in [0.3, 0.4) is 0 Å². The average Bonchev–Trinajstić information content (AvgIpc) is 2.39. The summed E-state index contributed by atoms with van der Waals surface area (Å²) in [6.45, 7) is 7.66. The quantitative estimate of drug-likeness (QED) is 0.606. The Hall–Kier alpha value is -1.06. The summed E-state index contributed by atoms with van der Waals surface area (Å²) < 4.78 is 0. The second kappa shape index (κ2) is 7.39. The molecule has 18 heavy (non-hydrogen) atoms. The molecule has 0 bridgehead atoms. The van der Waals surface area contributed by atoms with Gasteiger partial charge in [-0.3, -0.25) is 4.79 Å². The molecule has 1 aliphatic heterocycles. The monoisotopic (exact) mass is 254 g/mol. The van der Waals surface area contributed by atoms with Gasteiger partial charge < -0.3 is 10.1 Å². The lowest BCUT2D eigenvalue weighted by atomic mass is 9.93. The molecule has 1 fully saturated rings. The van der Waals surface area contributed by atoms with E-state index in [4.69, 9.17) is 5.21 Å². The number of carbonyl (C=O) groups is 1.